The van der Waals surface area contributed by atoms with Crippen LogP contribution in [0.15, 0.2) is 47.4 Å². The molecule has 0 aromatic heterocycles. The van der Waals surface area contributed by atoms with E-state index in [1.165, 1.54) is 30.3 Å². The standard InChI is InChI=1S/C14H12N2O5S2/c1-2-7-16-13(18)10(12(17)15-14(16)22)8-9-5-3-4-6-11(9)23(19,20)21/h2-6,8H,1,7H2,(H,15,17,22)(H,19,20,21). The lowest BCUT2D eigenvalue weighted by molar-refractivity contribution is -0.128. The molecule has 7 nitrogen and oxygen atoms in total. The van der Waals surface area contributed by atoms with Crippen LogP contribution in [-0.2, 0) is 19.7 Å². The Kier molecular flexibility index (Phi) is 4.73. The maximum Gasteiger partial charge on any atom is 0.295 e. The van der Waals surface area contributed by atoms with Crippen LogP contribution in [0.1, 0.15) is 5.56 Å². The van der Waals surface area contributed by atoms with Gasteiger partial charge in [-0.2, -0.15) is 8.42 Å². The summed E-state index contributed by atoms with van der Waals surface area (Å²) in [5.74, 6) is -1.42. The van der Waals surface area contributed by atoms with E-state index in [0.29, 0.717) is 0 Å². The first-order chi connectivity index (χ1) is 10.8. The van der Waals surface area contributed by atoms with Gasteiger partial charge in [0.15, 0.2) is 5.11 Å². The van der Waals surface area contributed by atoms with Gasteiger partial charge in [-0.25, -0.2) is 0 Å². The number of nitrogens with one attached hydrogen (secondary N) is 1. The molecule has 2 N–H and O–H groups in total. The summed E-state index contributed by atoms with van der Waals surface area (Å²) in [6.07, 6.45) is 2.53. The van der Waals surface area contributed by atoms with Crippen molar-refractivity contribution in [3.63, 3.8) is 0 Å². The number of nitrogens with zero attached hydrogens (tertiary/aromatic N) is 1. The fraction of sp³-hybridized carbons (Fsp3) is 0.0714. The van der Waals surface area contributed by atoms with Crippen LogP contribution in [0.4, 0.5) is 0 Å². The third-order valence-electron chi connectivity index (χ3n) is 2.99. The van der Waals surface area contributed by atoms with Crippen LogP contribution in [0.5, 0.6) is 0 Å². The molecular weight excluding hydrogens is 340 g/mol. The minimum atomic E-state index is -4.50. The first kappa shape index (κ1) is 17.0. The Bertz CT molecular complexity index is 842. The highest BCUT2D eigenvalue weighted by molar-refractivity contribution is 7.86. The van der Waals surface area contributed by atoms with Crippen molar-refractivity contribution in [1.29, 1.82) is 0 Å². The van der Waals surface area contributed by atoms with E-state index in [0.717, 1.165) is 11.0 Å². The summed E-state index contributed by atoms with van der Waals surface area (Å²) < 4.78 is 32.0. The van der Waals surface area contributed by atoms with Crippen molar-refractivity contribution < 1.29 is 22.6 Å². The van der Waals surface area contributed by atoms with E-state index in [4.69, 9.17) is 12.2 Å². The molecule has 0 aliphatic carbocycles. The minimum Gasteiger partial charge on any atom is -0.298 e. The van der Waals surface area contributed by atoms with Crippen LogP contribution in [0.2, 0.25) is 0 Å². The van der Waals surface area contributed by atoms with Crippen LogP contribution >= 0.6 is 12.2 Å². The van der Waals surface area contributed by atoms with Crippen molar-refractivity contribution in [2.75, 3.05) is 6.54 Å². The van der Waals surface area contributed by atoms with E-state index in [1.54, 1.807) is 0 Å². The molecule has 2 amide bonds. The number of thiocarbonyl (C=S) groups is 1. The van der Waals surface area contributed by atoms with Gasteiger partial charge in [-0.15, -0.1) is 6.58 Å². The van der Waals surface area contributed by atoms with Gasteiger partial charge in [-0.3, -0.25) is 24.4 Å². The fourth-order valence-corrected chi connectivity index (χ4v) is 2.90. The van der Waals surface area contributed by atoms with Crippen LogP contribution in [-0.4, -0.2) is 41.3 Å². The normalized spacial score (nSPS) is 17.3. The lowest BCUT2D eigenvalue weighted by Crippen LogP contribution is -2.53. The maximum absolute atomic E-state index is 12.4. The Hall–Kier alpha value is -2.36. The van der Waals surface area contributed by atoms with Crippen molar-refractivity contribution in [2.45, 2.75) is 4.90 Å². The van der Waals surface area contributed by atoms with Gasteiger partial charge in [0, 0.05) is 6.54 Å². The molecule has 23 heavy (non-hydrogen) atoms. The Morgan fingerprint density at radius 3 is 2.57 bits per heavy atom. The summed E-state index contributed by atoms with van der Waals surface area (Å²) in [6.45, 7) is 3.59. The smallest absolute Gasteiger partial charge is 0.295 e. The molecule has 1 fully saturated rings. The van der Waals surface area contributed by atoms with Crippen molar-refractivity contribution >= 4 is 45.3 Å². The third kappa shape index (κ3) is 3.52. The van der Waals surface area contributed by atoms with Crippen molar-refractivity contribution in [2.24, 2.45) is 0 Å². The van der Waals surface area contributed by atoms with Gasteiger partial charge in [0.25, 0.3) is 21.9 Å². The molecule has 120 valence electrons. The van der Waals surface area contributed by atoms with Crippen molar-refractivity contribution in [3.8, 4) is 0 Å². The molecule has 0 radical (unpaired) electrons. The highest BCUT2D eigenvalue weighted by Gasteiger charge is 2.33. The summed E-state index contributed by atoms with van der Waals surface area (Å²) in [5, 5.41) is 2.29. The second-order valence-electron chi connectivity index (χ2n) is 4.53. The number of carbonyl (C=O) groups excluding carboxylic acids is 2. The average Bonchev–Trinajstić information content (AvgIpc) is 2.47. The first-order valence-electron chi connectivity index (χ1n) is 6.32. The molecule has 0 spiro atoms. The largest absolute Gasteiger partial charge is 0.298 e. The van der Waals surface area contributed by atoms with E-state index in [1.807, 2.05) is 0 Å². The molecule has 2 rings (SSSR count). The molecule has 0 atom stereocenters. The molecule has 1 aliphatic rings. The van der Waals surface area contributed by atoms with Gasteiger partial charge >= 0.3 is 0 Å². The van der Waals surface area contributed by atoms with Crippen LogP contribution in [0.25, 0.3) is 6.08 Å². The monoisotopic (exact) mass is 352 g/mol. The molecule has 1 heterocycles. The van der Waals surface area contributed by atoms with Crippen molar-refractivity contribution in [1.82, 2.24) is 10.2 Å². The molecule has 1 saturated heterocycles. The van der Waals surface area contributed by atoms with Crippen LogP contribution in [0.3, 0.4) is 0 Å². The SMILES string of the molecule is C=CCN1C(=O)C(=Cc2ccccc2S(=O)(=O)O)C(=O)NC1=S. The predicted molar refractivity (Wildman–Crippen MR) is 86.9 cm³/mol. The number of benzene rings is 1. The molecule has 0 unspecified atom stereocenters. The third-order valence-corrected chi connectivity index (χ3v) is 4.24. The molecule has 1 aromatic carbocycles. The number of rotatable bonds is 4. The topological polar surface area (TPSA) is 104 Å². The van der Waals surface area contributed by atoms with Crippen molar-refractivity contribution in [3.05, 3.63) is 48.1 Å². The maximum atomic E-state index is 12.4. The lowest BCUT2D eigenvalue weighted by Gasteiger charge is -2.27. The number of hydrogen-bond acceptors (Lipinski definition) is 5. The van der Waals surface area contributed by atoms with E-state index in [2.05, 4.69) is 11.9 Å². The van der Waals surface area contributed by atoms with Gasteiger partial charge in [0.1, 0.15) is 10.5 Å². The molecule has 9 heteroatoms. The second-order valence-corrected chi connectivity index (χ2v) is 6.31. The minimum absolute atomic E-state index is 0.0138. The number of carbonyl (C=O) groups is 2. The zero-order valence-electron chi connectivity index (χ0n) is 11.7. The lowest BCUT2D eigenvalue weighted by atomic mass is 10.1. The summed E-state index contributed by atoms with van der Waals surface area (Å²) >= 11 is 4.91. The zero-order valence-corrected chi connectivity index (χ0v) is 13.4. The number of amides is 2. The van der Waals surface area contributed by atoms with E-state index in [9.17, 15) is 22.6 Å². The Morgan fingerprint density at radius 2 is 1.96 bits per heavy atom. The van der Waals surface area contributed by atoms with Gasteiger partial charge < -0.3 is 0 Å². The summed E-state index contributed by atoms with van der Waals surface area (Å²) in [4.78, 5) is 25.0. The van der Waals surface area contributed by atoms with Gasteiger partial charge in [-0.05, 0) is 29.9 Å². The number of hydrogen-bond donors (Lipinski definition) is 2. The highest BCUT2D eigenvalue weighted by Crippen LogP contribution is 2.20. The molecule has 1 aliphatic heterocycles. The fourth-order valence-electron chi connectivity index (χ4n) is 1.98. The average molecular weight is 352 g/mol. The van der Waals surface area contributed by atoms with Gasteiger partial charge in [0.05, 0.1) is 0 Å². The molecule has 0 saturated carbocycles. The first-order valence-corrected chi connectivity index (χ1v) is 8.17. The van der Waals surface area contributed by atoms with E-state index in [-0.39, 0.29) is 22.8 Å². The zero-order chi connectivity index (χ0) is 17.2. The highest BCUT2D eigenvalue weighted by atomic mass is 32.2. The Balaban J connectivity index is 2.54. The quantitative estimate of drug-likeness (QED) is 0.272. The van der Waals surface area contributed by atoms with E-state index < -0.39 is 26.8 Å². The second kappa shape index (κ2) is 6.41. The van der Waals surface area contributed by atoms with Gasteiger partial charge in [0.2, 0.25) is 0 Å². The molecule has 1 aromatic rings. The Morgan fingerprint density at radius 1 is 1.30 bits per heavy atom. The van der Waals surface area contributed by atoms with Crippen LogP contribution < -0.4 is 5.32 Å². The van der Waals surface area contributed by atoms with Gasteiger partial charge in [-0.1, -0.05) is 24.3 Å². The van der Waals surface area contributed by atoms with E-state index >= 15 is 0 Å². The summed E-state index contributed by atoms with van der Waals surface area (Å²) in [5.41, 5.74) is -0.281. The Labute approximate surface area is 138 Å². The van der Waals surface area contributed by atoms with Crippen LogP contribution in [0, 0.1) is 0 Å². The molecule has 0 bridgehead atoms. The molecular formula is C14H12N2O5S2. The summed E-state index contributed by atoms with van der Waals surface area (Å²) in [7, 11) is -4.50. The predicted octanol–water partition coefficient (Wildman–Crippen LogP) is 0.746. The summed E-state index contributed by atoms with van der Waals surface area (Å²) in [6, 6.07) is 5.45.